The molecule has 3 heteroatoms. The number of ether oxygens (including phenoxy) is 2. The van der Waals surface area contributed by atoms with E-state index >= 15 is 0 Å². The van der Waals surface area contributed by atoms with Gasteiger partial charge in [0.2, 0.25) is 0 Å². The highest BCUT2D eigenvalue weighted by Gasteiger charge is 2.16. The van der Waals surface area contributed by atoms with Crippen molar-refractivity contribution >= 4 is 0 Å². The third-order valence-corrected chi connectivity index (χ3v) is 3.88. The lowest BCUT2D eigenvalue weighted by molar-refractivity contribution is 0.333. The fourth-order valence-corrected chi connectivity index (χ4v) is 2.81. The highest BCUT2D eigenvalue weighted by atomic mass is 16.5. The minimum Gasteiger partial charge on any atom is -0.494 e. The fraction of sp³-hybridized carbons (Fsp3) is 0.400. The van der Waals surface area contributed by atoms with E-state index in [2.05, 4.69) is 31.2 Å². The van der Waals surface area contributed by atoms with Gasteiger partial charge in [-0.2, -0.15) is 0 Å². The van der Waals surface area contributed by atoms with Crippen molar-refractivity contribution < 1.29 is 9.47 Å². The number of rotatable bonds is 8. The van der Waals surface area contributed by atoms with Crippen LogP contribution in [0.4, 0.5) is 0 Å². The second kappa shape index (κ2) is 8.59. The normalized spacial score (nSPS) is 12.0. The third kappa shape index (κ3) is 4.73. The Morgan fingerprint density at radius 3 is 2.48 bits per heavy atom. The molecule has 0 heterocycles. The summed E-state index contributed by atoms with van der Waals surface area (Å²) in [6, 6.07) is 14.6. The van der Waals surface area contributed by atoms with Crippen molar-refractivity contribution in [2.24, 2.45) is 5.73 Å². The van der Waals surface area contributed by atoms with Crippen molar-refractivity contribution in [3.63, 3.8) is 0 Å². The van der Waals surface area contributed by atoms with Crippen LogP contribution in [0.1, 0.15) is 36.5 Å². The van der Waals surface area contributed by atoms with Crippen molar-refractivity contribution in [2.45, 2.75) is 33.1 Å². The van der Waals surface area contributed by atoms with E-state index in [0.29, 0.717) is 19.8 Å². The number of hydrogen-bond acceptors (Lipinski definition) is 3. The van der Waals surface area contributed by atoms with Gasteiger partial charge in [-0.15, -0.1) is 0 Å². The molecule has 0 aliphatic heterocycles. The first kappa shape index (κ1) is 17.4. The van der Waals surface area contributed by atoms with Gasteiger partial charge in [-0.1, -0.05) is 29.8 Å². The summed E-state index contributed by atoms with van der Waals surface area (Å²) in [6.45, 7) is 8.03. The van der Waals surface area contributed by atoms with Crippen LogP contribution in [0.3, 0.4) is 0 Å². The molecule has 2 rings (SSSR count). The second-order valence-electron chi connectivity index (χ2n) is 5.69. The van der Waals surface area contributed by atoms with Crippen LogP contribution in [0.5, 0.6) is 11.5 Å². The highest BCUT2D eigenvalue weighted by molar-refractivity contribution is 5.41. The number of aryl methyl sites for hydroxylation is 1. The van der Waals surface area contributed by atoms with Gasteiger partial charge in [-0.3, -0.25) is 0 Å². The van der Waals surface area contributed by atoms with E-state index in [0.717, 1.165) is 17.9 Å². The average molecular weight is 313 g/mol. The Kier molecular flexibility index (Phi) is 6.48. The smallest absolute Gasteiger partial charge is 0.122 e. The molecule has 0 radical (unpaired) electrons. The van der Waals surface area contributed by atoms with Gasteiger partial charge >= 0.3 is 0 Å². The lowest BCUT2D eigenvalue weighted by Gasteiger charge is -2.20. The summed E-state index contributed by atoms with van der Waals surface area (Å²) < 4.78 is 11.4. The van der Waals surface area contributed by atoms with E-state index in [9.17, 15) is 0 Å². The Morgan fingerprint density at radius 2 is 1.78 bits per heavy atom. The molecule has 0 saturated carbocycles. The van der Waals surface area contributed by atoms with Crippen molar-refractivity contribution in [1.29, 1.82) is 0 Å². The largest absolute Gasteiger partial charge is 0.494 e. The molecule has 0 aliphatic rings. The van der Waals surface area contributed by atoms with Crippen molar-refractivity contribution in [3.05, 3.63) is 59.2 Å². The molecular formula is C20H27NO2. The molecule has 2 aromatic carbocycles. The Morgan fingerprint density at radius 1 is 1.00 bits per heavy atom. The van der Waals surface area contributed by atoms with Crippen molar-refractivity contribution in [2.75, 3.05) is 19.8 Å². The molecule has 3 nitrogen and oxygen atoms in total. The van der Waals surface area contributed by atoms with Crippen LogP contribution in [-0.4, -0.2) is 19.8 Å². The van der Waals surface area contributed by atoms with Gasteiger partial charge < -0.3 is 15.2 Å². The summed E-state index contributed by atoms with van der Waals surface area (Å²) in [7, 11) is 0. The number of benzene rings is 2. The Hall–Kier alpha value is -2.00. The van der Waals surface area contributed by atoms with Gasteiger partial charge in [0, 0.05) is 5.92 Å². The molecule has 124 valence electrons. The molecule has 2 aromatic rings. The summed E-state index contributed by atoms with van der Waals surface area (Å²) in [5, 5.41) is 0. The number of nitrogens with two attached hydrogens (primary N) is 1. The Balaban J connectivity index is 2.26. The summed E-state index contributed by atoms with van der Waals surface area (Å²) in [5.74, 6) is 2.08. The fourth-order valence-electron chi connectivity index (χ4n) is 2.81. The van der Waals surface area contributed by atoms with Gasteiger partial charge in [-0.25, -0.2) is 0 Å². The molecule has 0 saturated heterocycles. The lowest BCUT2D eigenvalue weighted by Crippen LogP contribution is -2.16. The molecule has 0 aliphatic carbocycles. The SMILES string of the molecule is CCOc1cccc(CC(CN)c2cc(C)ccc2OCC)c1. The number of hydrogen-bond donors (Lipinski definition) is 1. The standard InChI is InChI=1S/C20H27NO2/c1-4-22-18-8-6-7-16(13-18)12-17(14-21)19-11-15(3)9-10-20(19)23-5-2/h6-11,13,17H,4-5,12,14,21H2,1-3H3. The zero-order valence-electron chi connectivity index (χ0n) is 14.3. The van der Waals surface area contributed by atoms with Crippen LogP contribution in [0, 0.1) is 6.92 Å². The van der Waals surface area contributed by atoms with E-state index in [-0.39, 0.29) is 5.92 Å². The van der Waals surface area contributed by atoms with Gasteiger partial charge in [0.05, 0.1) is 13.2 Å². The van der Waals surface area contributed by atoms with Gasteiger partial charge in [0.15, 0.2) is 0 Å². The van der Waals surface area contributed by atoms with Crippen LogP contribution in [0.15, 0.2) is 42.5 Å². The van der Waals surface area contributed by atoms with Crippen molar-refractivity contribution in [3.8, 4) is 11.5 Å². The summed E-state index contributed by atoms with van der Waals surface area (Å²) in [5.41, 5.74) is 9.73. The predicted molar refractivity (Wildman–Crippen MR) is 95.5 cm³/mol. The van der Waals surface area contributed by atoms with E-state index in [1.165, 1.54) is 16.7 Å². The lowest BCUT2D eigenvalue weighted by atomic mass is 9.90. The summed E-state index contributed by atoms with van der Waals surface area (Å²) in [6.07, 6.45) is 0.876. The maximum atomic E-state index is 6.08. The van der Waals surface area contributed by atoms with Crippen molar-refractivity contribution in [1.82, 2.24) is 0 Å². The maximum Gasteiger partial charge on any atom is 0.122 e. The summed E-state index contributed by atoms with van der Waals surface area (Å²) >= 11 is 0. The Labute approximate surface area is 139 Å². The first-order valence-corrected chi connectivity index (χ1v) is 8.33. The van der Waals surface area contributed by atoms with E-state index in [4.69, 9.17) is 15.2 Å². The van der Waals surface area contributed by atoms with Crippen LogP contribution in [-0.2, 0) is 6.42 Å². The van der Waals surface area contributed by atoms with Gasteiger partial charge in [0.1, 0.15) is 11.5 Å². The van der Waals surface area contributed by atoms with E-state index in [1.807, 2.05) is 32.0 Å². The topological polar surface area (TPSA) is 44.5 Å². The molecular weight excluding hydrogens is 286 g/mol. The first-order chi connectivity index (χ1) is 11.2. The molecule has 0 fully saturated rings. The monoisotopic (exact) mass is 313 g/mol. The van der Waals surface area contributed by atoms with Crippen LogP contribution in [0.2, 0.25) is 0 Å². The van der Waals surface area contributed by atoms with Crippen LogP contribution < -0.4 is 15.2 Å². The van der Waals surface area contributed by atoms with Crippen LogP contribution >= 0.6 is 0 Å². The van der Waals surface area contributed by atoms with Crippen LogP contribution in [0.25, 0.3) is 0 Å². The molecule has 2 N–H and O–H groups in total. The average Bonchev–Trinajstić information content (AvgIpc) is 2.55. The summed E-state index contributed by atoms with van der Waals surface area (Å²) in [4.78, 5) is 0. The quantitative estimate of drug-likeness (QED) is 0.798. The zero-order chi connectivity index (χ0) is 16.7. The molecule has 1 unspecified atom stereocenters. The molecule has 0 bridgehead atoms. The Bertz CT molecular complexity index is 625. The highest BCUT2D eigenvalue weighted by Crippen LogP contribution is 2.30. The predicted octanol–water partition coefficient (Wildman–Crippen LogP) is 4.08. The molecule has 1 atom stereocenters. The molecule has 0 aromatic heterocycles. The first-order valence-electron chi connectivity index (χ1n) is 8.33. The maximum absolute atomic E-state index is 6.08. The van der Waals surface area contributed by atoms with Gasteiger partial charge in [0.25, 0.3) is 0 Å². The molecule has 0 spiro atoms. The van der Waals surface area contributed by atoms with E-state index in [1.54, 1.807) is 0 Å². The molecule has 23 heavy (non-hydrogen) atoms. The minimum atomic E-state index is 0.230. The zero-order valence-corrected chi connectivity index (χ0v) is 14.3. The third-order valence-electron chi connectivity index (χ3n) is 3.88. The second-order valence-corrected chi connectivity index (χ2v) is 5.69. The minimum absolute atomic E-state index is 0.230. The van der Waals surface area contributed by atoms with E-state index < -0.39 is 0 Å². The van der Waals surface area contributed by atoms with Gasteiger partial charge in [-0.05, 0) is 63.1 Å². The molecule has 0 amide bonds.